The second-order valence-electron chi connectivity index (χ2n) is 8.56. The quantitative estimate of drug-likeness (QED) is 0.793. The summed E-state index contributed by atoms with van der Waals surface area (Å²) in [4.78, 5) is 17.5. The van der Waals surface area contributed by atoms with Gasteiger partial charge < -0.3 is 15.0 Å². The molecular weight excluding hydrogens is 374 g/mol. The molecule has 2 aliphatic rings. The van der Waals surface area contributed by atoms with Crippen LogP contribution in [-0.2, 0) is 17.8 Å². The van der Waals surface area contributed by atoms with Crippen LogP contribution in [0, 0.1) is 5.92 Å². The van der Waals surface area contributed by atoms with Gasteiger partial charge in [-0.05, 0) is 67.2 Å². The van der Waals surface area contributed by atoms with Crippen molar-refractivity contribution < 1.29 is 9.53 Å². The molecule has 160 valence electrons. The van der Waals surface area contributed by atoms with Crippen molar-refractivity contribution in [3.63, 3.8) is 0 Å². The molecule has 2 aromatic carbocycles. The van der Waals surface area contributed by atoms with Crippen LogP contribution < -0.4 is 10.2 Å². The number of nitrogens with zero attached hydrogens (tertiary/aromatic N) is 2. The Morgan fingerprint density at radius 3 is 2.33 bits per heavy atom. The maximum Gasteiger partial charge on any atom is 0.251 e. The van der Waals surface area contributed by atoms with Gasteiger partial charge >= 0.3 is 0 Å². The summed E-state index contributed by atoms with van der Waals surface area (Å²) in [6.45, 7) is 9.52. The van der Waals surface area contributed by atoms with Crippen LogP contribution in [0.1, 0.15) is 41.3 Å². The highest BCUT2D eigenvalue weighted by atomic mass is 16.5. The van der Waals surface area contributed by atoms with E-state index in [0.717, 1.165) is 57.5 Å². The summed E-state index contributed by atoms with van der Waals surface area (Å²) in [7, 11) is 0. The predicted octanol–water partition coefficient (Wildman–Crippen LogP) is 3.69. The third kappa shape index (κ3) is 5.41. The van der Waals surface area contributed by atoms with Gasteiger partial charge in [0.15, 0.2) is 0 Å². The molecule has 0 unspecified atom stereocenters. The molecule has 30 heavy (non-hydrogen) atoms. The zero-order valence-electron chi connectivity index (χ0n) is 18.0. The number of morpholine rings is 1. The Labute approximate surface area is 180 Å². The lowest BCUT2D eigenvalue weighted by molar-refractivity contribution is 0.0950. The number of nitrogens with one attached hydrogen (secondary N) is 1. The minimum absolute atomic E-state index is 0.0230. The van der Waals surface area contributed by atoms with Gasteiger partial charge in [-0.25, -0.2) is 0 Å². The molecule has 0 aliphatic carbocycles. The fourth-order valence-electron chi connectivity index (χ4n) is 4.27. The molecule has 2 aromatic rings. The fraction of sp³-hybridized carbons (Fsp3) is 0.480. The fourth-order valence-corrected chi connectivity index (χ4v) is 4.27. The highest BCUT2D eigenvalue weighted by Crippen LogP contribution is 2.20. The van der Waals surface area contributed by atoms with Gasteiger partial charge in [-0.2, -0.15) is 0 Å². The van der Waals surface area contributed by atoms with Crippen molar-refractivity contribution in [2.24, 2.45) is 5.92 Å². The molecule has 0 spiro atoms. The van der Waals surface area contributed by atoms with Gasteiger partial charge in [0.1, 0.15) is 0 Å². The van der Waals surface area contributed by atoms with Crippen LogP contribution in [0.25, 0.3) is 0 Å². The molecule has 2 heterocycles. The maximum atomic E-state index is 12.7. The smallest absolute Gasteiger partial charge is 0.251 e. The zero-order chi connectivity index (χ0) is 20.8. The average Bonchev–Trinajstić information content (AvgIpc) is 2.80. The molecular formula is C25H33N3O2. The van der Waals surface area contributed by atoms with E-state index in [9.17, 15) is 4.79 Å². The highest BCUT2D eigenvalue weighted by Gasteiger charge is 2.17. The lowest BCUT2D eigenvalue weighted by atomic mass is 9.98. The van der Waals surface area contributed by atoms with E-state index in [0.29, 0.717) is 12.1 Å². The van der Waals surface area contributed by atoms with E-state index in [1.54, 1.807) is 0 Å². The van der Waals surface area contributed by atoms with Crippen molar-refractivity contribution >= 4 is 11.6 Å². The molecule has 5 heteroatoms. The lowest BCUT2D eigenvalue weighted by Crippen LogP contribution is -2.36. The molecule has 5 nitrogen and oxygen atoms in total. The van der Waals surface area contributed by atoms with Gasteiger partial charge in [0.2, 0.25) is 0 Å². The SMILES string of the molecule is CC1CCN(Cc2ccccc2CNC(=O)c2ccc(N3CCOCC3)cc2)CC1. The number of ether oxygens (including phenoxy) is 1. The molecule has 0 aromatic heterocycles. The number of anilines is 1. The Morgan fingerprint density at radius 2 is 1.63 bits per heavy atom. The number of hydrogen-bond acceptors (Lipinski definition) is 4. The van der Waals surface area contributed by atoms with Gasteiger partial charge in [-0.3, -0.25) is 9.69 Å². The molecule has 0 radical (unpaired) electrons. The highest BCUT2D eigenvalue weighted by molar-refractivity contribution is 5.94. The molecule has 4 rings (SSSR count). The van der Waals surface area contributed by atoms with Gasteiger partial charge in [0, 0.05) is 37.4 Å². The summed E-state index contributed by atoms with van der Waals surface area (Å²) in [5.41, 5.74) is 4.37. The number of carbonyl (C=O) groups is 1. The second-order valence-corrected chi connectivity index (χ2v) is 8.56. The first-order valence-corrected chi connectivity index (χ1v) is 11.2. The molecule has 0 bridgehead atoms. The Bertz CT molecular complexity index is 823. The van der Waals surface area contributed by atoms with Crippen molar-refractivity contribution in [1.82, 2.24) is 10.2 Å². The summed E-state index contributed by atoms with van der Waals surface area (Å²) in [6, 6.07) is 16.4. The van der Waals surface area contributed by atoms with Gasteiger partial charge in [-0.1, -0.05) is 31.2 Å². The number of piperidine rings is 1. The first kappa shape index (κ1) is 20.9. The molecule has 1 amide bonds. The topological polar surface area (TPSA) is 44.8 Å². The largest absolute Gasteiger partial charge is 0.378 e. The number of benzene rings is 2. The normalized spacial score (nSPS) is 18.4. The van der Waals surface area contributed by atoms with Crippen molar-refractivity contribution in [3.05, 3.63) is 65.2 Å². The van der Waals surface area contributed by atoms with E-state index in [1.165, 1.54) is 24.0 Å². The number of hydrogen-bond donors (Lipinski definition) is 1. The summed E-state index contributed by atoms with van der Waals surface area (Å²) in [6.07, 6.45) is 2.55. The van der Waals surface area contributed by atoms with Crippen molar-refractivity contribution in [2.45, 2.75) is 32.9 Å². The van der Waals surface area contributed by atoms with Crippen LogP contribution in [0.4, 0.5) is 5.69 Å². The first-order chi connectivity index (χ1) is 14.7. The van der Waals surface area contributed by atoms with Crippen LogP contribution >= 0.6 is 0 Å². The third-order valence-corrected chi connectivity index (χ3v) is 6.33. The summed E-state index contributed by atoms with van der Waals surface area (Å²) in [5.74, 6) is 0.815. The van der Waals surface area contributed by atoms with Crippen LogP contribution in [0.2, 0.25) is 0 Å². The van der Waals surface area contributed by atoms with E-state index in [-0.39, 0.29) is 5.91 Å². The molecule has 0 atom stereocenters. The number of likely N-dealkylation sites (tertiary alicyclic amines) is 1. The monoisotopic (exact) mass is 407 g/mol. The molecule has 2 fully saturated rings. The van der Waals surface area contributed by atoms with Gasteiger partial charge in [0.25, 0.3) is 5.91 Å². The molecule has 0 saturated carbocycles. The molecule has 2 saturated heterocycles. The lowest BCUT2D eigenvalue weighted by Gasteiger charge is -2.30. The summed E-state index contributed by atoms with van der Waals surface area (Å²) < 4.78 is 5.41. The van der Waals surface area contributed by atoms with Crippen molar-refractivity contribution in [3.8, 4) is 0 Å². The number of rotatable bonds is 6. The van der Waals surface area contributed by atoms with Crippen LogP contribution in [0.3, 0.4) is 0 Å². The van der Waals surface area contributed by atoms with Gasteiger partial charge in [0.05, 0.1) is 13.2 Å². The predicted molar refractivity (Wildman–Crippen MR) is 121 cm³/mol. The average molecular weight is 408 g/mol. The summed E-state index contributed by atoms with van der Waals surface area (Å²) >= 11 is 0. The Kier molecular flexibility index (Phi) is 7.03. The Hall–Kier alpha value is -2.37. The Balaban J connectivity index is 1.33. The minimum Gasteiger partial charge on any atom is -0.378 e. The number of amides is 1. The molecule has 1 N–H and O–H groups in total. The maximum absolute atomic E-state index is 12.7. The van der Waals surface area contributed by atoms with Gasteiger partial charge in [-0.15, -0.1) is 0 Å². The van der Waals surface area contributed by atoms with E-state index in [1.807, 2.05) is 24.3 Å². The van der Waals surface area contributed by atoms with Crippen LogP contribution in [0.5, 0.6) is 0 Å². The summed E-state index contributed by atoms with van der Waals surface area (Å²) in [5, 5.41) is 3.11. The van der Waals surface area contributed by atoms with Crippen LogP contribution in [-0.4, -0.2) is 50.2 Å². The van der Waals surface area contributed by atoms with E-state index < -0.39 is 0 Å². The first-order valence-electron chi connectivity index (χ1n) is 11.2. The van der Waals surface area contributed by atoms with E-state index in [4.69, 9.17) is 4.74 Å². The number of carbonyl (C=O) groups excluding carboxylic acids is 1. The Morgan fingerprint density at radius 1 is 0.967 bits per heavy atom. The third-order valence-electron chi connectivity index (χ3n) is 6.33. The molecule has 2 aliphatic heterocycles. The van der Waals surface area contributed by atoms with E-state index >= 15 is 0 Å². The van der Waals surface area contributed by atoms with Crippen molar-refractivity contribution in [1.29, 1.82) is 0 Å². The minimum atomic E-state index is -0.0230. The second kappa shape index (κ2) is 10.1. The van der Waals surface area contributed by atoms with Crippen molar-refractivity contribution in [2.75, 3.05) is 44.3 Å². The van der Waals surface area contributed by atoms with E-state index in [2.05, 4.69) is 46.3 Å². The standard InChI is InChI=1S/C25H33N3O2/c1-20-10-12-27(13-11-20)19-23-5-3-2-4-22(23)18-26-25(29)21-6-8-24(9-7-21)28-14-16-30-17-15-28/h2-9,20H,10-19H2,1H3,(H,26,29). The van der Waals surface area contributed by atoms with Crippen LogP contribution in [0.15, 0.2) is 48.5 Å². The zero-order valence-corrected chi connectivity index (χ0v) is 18.0.